The number of nitrogens with one attached hydrogen (secondary N) is 1. The maximum atomic E-state index is 3.68. The van der Waals surface area contributed by atoms with E-state index < -0.39 is 0 Å². The van der Waals surface area contributed by atoms with E-state index in [-0.39, 0.29) is 0 Å². The first-order valence-electron chi connectivity index (χ1n) is 9.38. The van der Waals surface area contributed by atoms with E-state index in [1.807, 2.05) is 0 Å². The van der Waals surface area contributed by atoms with Crippen molar-refractivity contribution in [2.45, 2.75) is 33.7 Å². The fourth-order valence-corrected chi connectivity index (χ4v) is 3.88. The largest absolute Gasteiger partial charge is 0.381 e. The van der Waals surface area contributed by atoms with Gasteiger partial charge in [-0.1, -0.05) is 54.1 Å². The summed E-state index contributed by atoms with van der Waals surface area (Å²) in [5.74, 6) is 0. The first kappa shape index (κ1) is 18.5. The highest BCUT2D eigenvalue weighted by atomic mass is 15.0. The van der Waals surface area contributed by atoms with Crippen molar-refractivity contribution >= 4 is 11.3 Å². The van der Waals surface area contributed by atoms with E-state index in [2.05, 4.69) is 93.6 Å². The van der Waals surface area contributed by atoms with Crippen molar-refractivity contribution < 1.29 is 0 Å². The minimum atomic E-state index is 0.848. The summed E-state index contributed by atoms with van der Waals surface area (Å²) in [6.45, 7) is 8.38. The number of likely N-dealkylation sites (N-methyl/N-ethyl adjacent to an activating group) is 1. The summed E-state index contributed by atoms with van der Waals surface area (Å²) in [5.41, 5.74) is 10.8. The standard InChI is InChI=1S/C24H30N2/c1-17-12-18(2)24(19(3)13-17)25-15-22-8-6-7-9-23(22)21-11-10-20(14-21)16-26(4)5/h6-10,12-14,25H,11,15-16H2,1-5H3. The van der Waals surface area contributed by atoms with Gasteiger partial charge in [0.05, 0.1) is 0 Å². The van der Waals surface area contributed by atoms with E-state index >= 15 is 0 Å². The highest BCUT2D eigenvalue weighted by molar-refractivity contribution is 5.75. The molecule has 0 unspecified atom stereocenters. The van der Waals surface area contributed by atoms with Crippen LogP contribution >= 0.6 is 0 Å². The van der Waals surface area contributed by atoms with Crippen LogP contribution in [0.5, 0.6) is 0 Å². The summed E-state index contributed by atoms with van der Waals surface area (Å²) in [6.07, 6.45) is 5.75. The quantitative estimate of drug-likeness (QED) is 0.743. The summed E-state index contributed by atoms with van der Waals surface area (Å²) < 4.78 is 0. The van der Waals surface area contributed by atoms with Crippen molar-refractivity contribution in [3.8, 4) is 0 Å². The molecule has 1 N–H and O–H groups in total. The Balaban J connectivity index is 1.79. The number of allylic oxidation sites excluding steroid dienone is 2. The van der Waals surface area contributed by atoms with Crippen molar-refractivity contribution in [3.63, 3.8) is 0 Å². The van der Waals surface area contributed by atoms with Crippen LogP contribution in [0.2, 0.25) is 0 Å². The molecule has 0 aromatic heterocycles. The summed E-state index contributed by atoms with van der Waals surface area (Å²) in [5, 5.41) is 3.68. The Morgan fingerprint density at radius 2 is 1.69 bits per heavy atom. The number of aryl methyl sites for hydroxylation is 3. The molecule has 0 radical (unpaired) electrons. The Morgan fingerprint density at radius 1 is 1.00 bits per heavy atom. The molecule has 2 aromatic rings. The van der Waals surface area contributed by atoms with E-state index in [0.717, 1.165) is 19.5 Å². The van der Waals surface area contributed by atoms with Gasteiger partial charge in [-0.05, 0) is 74.7 Å². The van der Waals surface area contributed by atoms with E-state index in [1.165, 1.54) is 44.7 Å². The lowest BCUT2D eigenvalue weighted by molar-refractivity contribution is 0.449. The molecular formula is C24H30N2. The lowest BCUT2D eigenvalue weighted by atomic mass is 9.98. The SMILES string of the molecule is Cc1cc(C)c(NCc2ccccc2C2=CC(CN(C)C)=CC2)c(C)c1. The van der Waals surface area contributed by atoms with Crippen molar-refractivity contribution in [3.05, 3.63) is 81.9 Å². The molecule has 0 atom stereocenters. The molecule has 0 spiro atoms. The maximum Gasteiger partial charge on any atom is 0.0407 e. The Bertz CT molecular complexity index is 833. The Labute approximate surface area is 158 Å². The molecule has 0 heterocycles. The fourth-order valence-electron chi connectivity index (χ4n) is 3.88. The number of hydrogen-bond donors (Lipinski definition) is 1. The third-order valence-corrected chi connectivity index (χ3v) is 4.94. The molecule has 0 fully saturated rings. The molecule has 2 aromatic carbocycles. The summed E-state index contributed by atoms with van der Waals surface area (Å²) in [7, 11) is 4.24. The molecule has 0 aliphatic heterocycles. The molecular weight excluding hydrogens is 316 g/mol. The molecule has 0 saturated heterocycles. The van der Waals surface area contributed by atoms with Crippen LogP contribution in [-0.2, 0) is 6.54 Å². The summed E-state index contributed by atoms with van der Waals surface area (Å²) in [4.78, 5) is 2.22. The number of rotatable bonds is 6. The molecule has 0 bridgehead atoms. The molecule has 0 saturated carbocycles. The van der Waals surface area contributed by atoms with E-state index in [9.17, 15) is 0 Å². The minimum Gasteiger partial charge on any atom is -0.381 e. The molecule has 26 heavy (non-hydrogen) atoms. The second-order valence-corrected chi connectivity index (χ2v) is 7.67. The smallest absolute Gasteiger partial charge is 0.0407 e. The molecule has 0 amide bonds. The van der Waals surface area contributed by atoms with Crippen LogP contribution in [0.15, 0.2) is 54.1 Å². The summed E-state index contributed by atoms with van der Waals surface area (Å²) in [6, 6.07) is 13.3. The summed E-state index contributed by atoms with van der Waals surface area (Å²) >= 11 is 0. The zero-order chi connectivity index (χ0) is 18.7. The molecule has 3 rings (SSSR count). The monoisotopic (exact) mass is 346 g/mol. The van der Waals surface area contributed by atoms with Crippen LogP contribution in [0, 0.1) is 20.8 Å². The van der Waals surface area contributed by atoms with Crippen molar-refractivity contribution in [1.82, 2.24) is 4.90 Å². The van der Waals surface area contributed by atoms with Gasteiger partial charge in [0.2, 0.25) is 0 Å². The number of nitrogens with zero attached hydrogens (tertiary/aromatic N) is 1. The Kier molecular flexibility index (Phi) is 5.63. The van der Waals surface area contributed by atoms with Crippen LogP contribution in [-0.4, -0.2) is 25.5 Å². The van der Waals surface area contributed by atoms with Crippen LogP contribution in [0.4, 0.5) is 5.69 Å². The maximum absolute atomic E-state index is 3.68. The lowest BCUT2D eigenvalue weighted by Gasteiger charge is -2.16. The van der Waals surface area contributed by atoms with Crippen molar-refractivity contribution in [2.24, 2.45) is 0 Å². The van der Waals surface area contributed by atoms with Gasteiger partial charge in [0, 0.05) is 18.8 Å². The van der Waals surface area contributed by atoms with Gasteiger partial charge < -0.3 is 10.2 Å². The van der Waals surface area contributed by atoms with Crippen LogP contribution in [0.3, 0.4) is 0 Å². The Morgan fingerprint density at radius 3 is 2.38 bits per heavy atom. The second-order valence-electron chi connectivity index (χ2n) is 7.67. The van der Waals surface area contributed by atoms with Gasteiger partial charge in [0.1, 0.15) is 0 Å². The van der Waals surface area contributed by atoms with Gasteiger partial charge in [0.15, 0.2) is 0 Å². The third-order valence-electron chi connectivity index (χ3n) is 4.94. The zero-order valence-electron chi connectivity index (χ0n) is 16.7. The van der Waals surface area contributed by atoms with E-state index in [1.54, 1.807) is 0 Å². The average Bonchev–Trinajstić information content (AvgIpc) is 3.01. The number of benzene rings is 2. The van der Waals surface area contributed by atoms with Gasteiger partial charge in [0.25, 0.3) is 0 Å². The van der Waals surface area contributed by atoms with Crippen molar-refractivity contribution in [1.29, 1.82) is 0 Å². The van der Waals surface area contributed by atoms with Gasteiger partial charge in [-0.2, -0.15) is 0 Å². The normalized spacial score (nSPS) is 13.8. The molecule has 1 aliphatic rings. The van der Waals surface area contributed by atoms with Gasteiger partial charge in [-0.3, -0.25) is 0 Å². The van der Waals surface area contributed by atoms with Gasteiger partial charge in [-0.15, -0.1) is 0 Å². The first-order valence-corrected chi connectivity index (χ1v) is 9.38. The van der Waals surface area contributed by atoms with Crippen LogP contribution < -0.4 is 5.32 Å². The van der Waals surface area contributed by atoms with Crippen molar-refractivity contribution in [2.75, 3.05) is 26.0 Å². The Hall–Kier alpha value is -2.32. The highest BCUT2D eigenvalue weighted by Crippen LogP contribution is 2.30. The second kappa shape index (κ2) is 7.92. The predicted octanol–water partition coefficient (Wildman–Crippen LogP) is 5.50. The fraction of sp³-hybridized carbons (Fsp3) is 0.333. The highest BCUT2D eigenvalue weighted by Gasteiger charge is 2.13. The molecule has 136 valence electrons. The predicted molar refractivity (Wildman–Crippen MR) is 114 cm³/mol. The molecule has 1 aliphatic carbocycles. The van der Waals surface area contributed by atoms with Gasteiger partial charge in [-0.25, -0.2) is 0 Å². The molecule has 2 nitrogen and oxygen atoms in total. The molecule has 2 heteroatoms. The third kappa shape index (κ3) is 4.25. The topological polar surface area (TPSA) is 15.3 Å². The van der Waals surface area contributed by atoms with E-state index in [0.29, 0.717) is 0 Å². The van der Waals surface area contributed by atoms with E-state index in [4.69, 9.17) is 0 Å². The van der Waals surface area contributed by atoms with Crippen LogP contribution in [0.25, 0.3) is 5.57 Å². The lowest BCUT2D eigenvalue weighted by Crippen LogP contribution is -2.13. The number of hydrogen-bond acceptors (Lipinski definition) is 2. The first-order chi connectivity index (χ1) is 12.4. The number of anilines is 1. The van der Waals surface area contributed by atoms with Crippen LogP contribution in [0.1, 0.15) is 34.2 Å². The zero-order valence-corrected chi connectivity index (χ0v) is 16.7. The average molecular weight is 347 g/mol. The van der Waals surface area contributed by atoms with Gasteiger partial charge >= 0.3 is 0 Å². The minimum absolute atomic E-state index is 0.848.